The Morgan fingerprint density at radius 2 is 0.907 bits per heavy atom. The molecule has 0 unspecified atom stereocenters. The molecule has 2 fully saturated rings. The molecular weight excluding hydrogens is 730 g/mol. The number of hydrogen-bond acceptors (Lipinski definition) is 10. The van der Waals surface area contributed by atoms with E-state index in [0.29, 0.717) is 26.4 Å². The van der Waals surface area contributed by atoms with Gasteiger partial charge in [-0.2, -0.15) is 35.5 Å². The Morgan fingerprint density at radius 1 is 0.574 bits per heavy atom. The van der Waals surface area contributed by atoms with E-state index in [0.717, 1.165) is 63.2 Å². The van der Waals surface area contributed by atoms with Crippen LogP contribution in [0.2, 0.25) is 0 Å². The molecule has 2 aromatic carbocycles. The van der Waals surface area contributed by atoms with Crippen molar-refractivity contribution in [2.75, 3.05) is 50.2 Å². The van der Waals surface area contributed by atoms with E-state index in [1.165, 1.54) is 21.8 Å². The van der Waals surface area contributed by atoms with Gasteiger partial charge in [0.05, 0.1) is 61.4 Å². The molecule has 12 nitrogen and oxygen atoms in total. The van der Waals surface area contributed by atoms with Gasteiger partial charge in [-0.25, -0.2) is 0 Å². The van der Waals surface area contributed by atoms with Crippen molar-refractivity contribution in [3.8, 4) is 0 Å². The van der Waals surface area contributed by atoms with Crippen LogP contribution in [0.25, 0.3) is 21.8 Å². The SMILES string of the molecule is O=C([O-])C(F)(F)F.O=C([O-])C(F)(F)F.c1ccc2c(c1)c1cc[n+]2CCC2(CC[n+]3ccc(c4ccccc43)NCCC3(CCN1)OCCO3)OCCO2. The first-order valence-electron chi connectivity index (χ1n) is 17.0. The summed E-state index contributed by atoms with van der Waals surface area (Å²) in [6.45, 7) is 5.67. The summed E-state index contributed by atoms with van der Waals surface area (Å²) < 4.78 is 92.7. The summed E-state index contributed by atoms with van der Waals surface area (Å²) in [4.78, 5) is 17.6. The van der Waals surface area contributed by atoms with Crippen LogP contribution in [-0.4, -0.2) is 75.4 Å². The Kier molecular flexibility index (Phi) is 12.8. The monoisotopic (exact) mass is 768 g/mol. The molecule has 4 bridgehead atoms. The fourth-order valence-corrected chi connectivity index (χ4v) is 6.45. The smallest absolute Gasteiger partial charge is 0.430 e. The van der Waals surface area contributed by atoms with Gasteiger partial charge in [0, 0.05) is 50.2 Å². The van der Waals surface area contributed by atoms with Crippen LogP contribution in [0.5, 0.6) is 0 Å². The zero-order chi connectivity index (χ0) is 39.0. The lowest BCUT2D eigenvalue weighted by atomic mass is 10.1. The van der Waals surface area contributed by atoms with Crippen LogP contribution in [0.1, 0.15) is 25.7 Å². The minimum absolute atomic E-state index is 0.578. The second kappa shape index (κ2) is 17.1. The fraction of sp³-hybridized carbons (Fsp3) is 0.444. The van der Waals surface area contributed by atoms with E-state index in [1.54, 1.807) is 0 Å². The number of fused-ring (bicyclic) bond motifs is 8. The lowest BCUT2D eigenvalue weighted by Crippen LogP contribution is -2.44. The van der Waals surface area contributed by atoms with Crippen molar-refractivity contribution in [2.45, 2.75) is 62.7 Å². The van der Waals surface area contributed by atoms with Crippen molar-refractivity contribution in [1.82, 2.24) is 0 Å². The summed E-state index contributed by atoms with van der Waals surface area (Å²) in [5, 5.41) is 27.3. The summed E-state index contributed by atoms with van der Waals surface area (Å²) in [7, 11) is 0. The summed E-state index contributed by atoms with van der Waals surface area (Å²) in [5.41, 5.74) is 4.63. The molecule has 6 heterocycles. The molecular formula is C36H38F6N4O8. The number of alkyl halides is 6. The summed E-state index contributed by atoms with van der Waals surface area (Å²) in [6.07, 6.45) is -2.94. The van der Waals surface area contributed by atoms with E-state index in [1.807, 2.05) is 0 Å². The molecule has 292 valence electrons. The second-order valence-electron chi connectivity index (χ2n) is 12.5. The topological polar surface area (TPSA) is 149 Å². The van der Waals surface area contributed by atoms with Gasteiger partial charge < -0.3 is 49.4 Å². The van der Waals surface area contributed by atoms with Crippen LogP contribution in [0, 0.1) is 0 Å². The average molecular weight is 769 g/mol. The van der Waals surface area contributed by atoms with Crippen molar-refractivity contribution >= 4 is 45.1 Å². The van der Waals surface area contributed by atoms with Crippen LogP contribution < -0.4 is 30.0 Å². The number of anilines is 2. The predicted molar refractivity (Wildman–Crippen MR) is 175 cm³/mol. The maximum atomic E-state index is 10.5. The standard InChI is InChI=1S/C32H36N4O4.2C2HF3O2/c1-3-7-29-25(5-1)27-9-17-35(29)19-13-32(39-23-24-40-32)14-20-36-18-10-28(26-6-2-4-8-30(26)36)34-16-12-31(11-15-33-27)37-21-22-38-31;2*3-2(4,5)1(6)7/h1-10,17-18H,11-16,19-24H2;2*(H,6,7). The number of aliphatic carboxylic acids is 2. The summed E-state index contributed by atoms with van der Waals surface area (Å²) in [5.74, 6) is -7.18. The molecule has 0 amide bonds. The van der Waals surface area contributed by atoms with Crippen LogP contribution >= 0.6 is 0 Å². The number of rotatable bonds is 0. The molecule has 4 aliphatic rings. The lowest BCUT2D eigenvalue weighted by molar-refractivity contribution is -0.681. The van der Waals surface area contributed by atoms with E-state index in [2.05, 4.69) is 92.8 Å². The Labute approximate surface area is 305 Å². The Balaban J connectivity index is 0.000000342. The van der Waals surface area contributed by atoms with Gasteiger partial charge in [0.2, 0.25) is 11.0 Å². The number of benzene rings is 2. The second-order valence-corrected chi connectivity index (χ2v) is 12.5. The highest BCUT2D eigenvalue weighted by molar-refractivity contribution is 5.89. The predicted octanol–water partition coefficient (Wildman–Crippen LogP) is 2.75. The number of carbonyl (C=O) groups is 2. The number of nitrogens with zero attached hydrogens (tertiary/aromatic N) is 2. The van der Waals surface area contributed by atoms with Crippen LogP contribution in [-0.2, 0) is 41.6 Å². The maximum Gasteiger partial charge on any atom is 0.430 e. The number of hydrogen-bond donors (Lipinski definition) is 2. The molecule has 54 heavy (non-hydrogen) atoms. The number of carboxylic acids is 2. The van der Waals surface area contributed by atoms with E-state index in [4.69, 9.17) is 38.7 Å². The van der Waals surface area contributed by atoms with Crippen LogP contribution in [0.4, 0.5) is 37.7 Å². The zero-order valence-electron chi connectivity index (χ0n) is 28.8. The highest BCUT2D eigenvalue weighted by atomic mass is 19.4. The summed E-state index contributed by atoms with van der Waals surface area (Å²) >= 11 is 0. The van der Waals surface area contributed by atoms with Crippen LogP contribution in [0.3, 0.4) is 0 Å². The first-order valence-corrected chi connectivity index (χ1v) is 17.0. The molecule has 2 aromatic heterocycles. The molecule has 18 heteroatoms. The number of aromatic nitrogens is 2. The first-order chi connectivity index (χ1) is 25.6. The Bertz CT molecular complexity index is 1790. The molecule has 0 aliphatic carbocycles. The highest BCUT2D eigenvalue weighted by Crippen LogP contribution is 2.31. The van der Waals surface area contributed by atoms with E-state index < -0.39 is 35.9 Å². The van der Waals surface area contributed by atoms with Gasteiger partial charge >= 0.3 is 12.4 Å². The molecule has 4 aliphatic heterocycles. The molecule has 8 rings (SSSR count). The van der Waals surface area contributed by atoms with Crippen molar-refractivity contribution in [1.29, 1.82) is 0 Å². The lowest BCUT2D eigenvalue weighted by Gasteiger charge is -2.28. The minimum atomic E-state index is -5.19. The van der Waals surface area contributed by atoms with Gasteiger partial charge in [-0.3, -0.25) is 0 Å². The minimum Gasteiger partial charge on any atom is -0.542 e. The van der Waals surface area contributed by atoms with Crippen molar-refractivity contribution in [3.05, 3.63) is 73.1 Å². The number of ether oxygens (including phenoxy) is 4. The van der Waals surface area contributed by atoms with Gasteiger partial charge in [-0.15, -0.1) is 0 Å². The van der Waals surface area contributed by atoms with Crippen molar-refractivity contribution in [3.63, 3.8) is 0 Å². The largest absolute Gasteiger partial charge is 0.542 e. The van der Waals surface area contributed by atoms with E-state index >= 15 is 0 Å². The van der Waals surface area contributed by atoms with Crippen LogP contribution in [0.15, 0.2) is 73.1 Å². The molecule has 0 saturated carbocycles. The zero-order valence-corrected chi connectivity index (χ0v) is 28.8. The quantitative estimate of drug-likeness (QED) is 0.202. The van der Waals surface area contributed by atoms with Gasteiger partial charge in [0.25, 0.3) is 0 Å². The third-order valence-corrected chi connectivity index (χ3v) is 9.05. The number of carboxylic acid groups (broad SMARTS) is 2. The molecule has 2 spiro atoms. The average Bonchev–Trinajstić information content (AvgIpc) is 3.81. The number of carbonyl (C=O) groups excluding carboxylic acids is 2. The normalized spacial score (nSPS) is 18.6. The number of pyridine rings is 2. The fourth-order valence-electron chi connectivity index (χ4n) is 6.45. The third-order valence-electron chi connectivity index (χ3n) is 9.05. The first kappa shape index (κ1) is 40.4. The van der Waals surface area contributed by atoms with Gasteiger partial charge in [-0.05, 0) is 12.1 Å². The molecule has 2 saturated heterocycles. The van der Waals surface area contributed by atoms with Crippen molar-refractivity contribution < 1.29 is 74.2 Å². The van der Waals surface area contributed by atoms with E-state index in [-0.39, 0.29) is 0 Å². The molecule has 2 N–H and O–H groups in total. The number of halogens is 6. The molecule has 4 aromatic rings. The Hall–Kier alpha value is -4.78. The van der Waals surface area contributed by atoms with Crippen molar-refractivity contribution in [2.24, 2.45) is 0 Å². The number of nitrogens with one attached hydrogen (secondary N) is 2. The van der Waals surface area contributed by atoms with E-state index in [9.17, 15) is 26.3 Å². The molecule has 0 radical (unpaired) electrons. The van der Waals surface area contributed by atoms with Gasteiger partial charge in [-0.1, -0.05) is 24.3 Å². The third kappa shape index (κ3) is 10.2. The highest BCUT2D eigenvalue weighted by Gasteiger charge is 2.40. The Morgan fingerprint density at radius 3 is 1.26 bits per heavy atom. The van der Waals surface area contributed by atoms with Gasteiger partial charge in [0.1, 0.15) is 11.9 Å². The summed E-state index contributed by atoms with van der Waals surface area (Å²) in [6, 6.07) is 21.5. The maximum absolute atomic E-state index is 10.5. The van der Waals surface area contributed by atoms with Gasteiger partial charge in [0.15, 0.2) is 37.1 Å². The number of para-hydroxylation sites is 2. The molecule has 0 atom stereocenters. The number of aryl methyl sites for hydroxylation is 2.